The number of nitrogens with one attached hydrogen (secondary N) is 1. The Kier molecular flexibility index (Phi) is 3.28. The maximum atomic E-state index is 12.6. The third-order valence-electron chi connectivity index (χ3n) is 3.72. The van der Waals surface area contributed by atoms with Crippen LogP contribution in [0.1, 0.15) is 19.5 Å². The molecule has 0 aliphatic heterocycles. The summed E-state index contributed by atoms with van der Waals surface area (Å²) in [6, 6.07) is 0. The van der Waals surface area contributed by atoms with Gasteiger partial charge in [-0.3, -0.25) is 23.8 Å². The Hall–Kier alpha value is -2.97. The van der Waals surface area contributed by atoms with Crippen molar-refractivity contribution in [1.29, 1.82) is 0 Å². The number of nitrogens with zero attached hydrogens (tertiary/aromatic N) is 4. The van der Waals surface area contributed by atoms with Crippen molar-refractivity contribution in [2.45, 2.75) is 20.3 Å². The molecule has 3 rings (SSSR count). The molecule has 0 radical (unpaired) electrons. The SMILES string of the molecule is CCc1[nH]nc2nc3c(c(OC(C)=O)c12)c(=O)n(C)c(=O)n3C. The Labute approximate surface area is 129 Å². The van der Waals surface area contributed by atoms with Crippen LogP contribution in [-0.4, -0.2) is 30.3 Å². The summed E-state index contributed by atoms with van der Waals surface area (Å²) in [6.45, 7) is 3.14. The summed E-state index contributed by atoms with van der Waals surface area (Å²) in [5, 5.41) is 7.45. The minimum atomic E-state index is -0.572. The number of carbonyl (C=O) groups excluding carboxylic acids is 1. The summed E-state index contributed by atoms with van der Waals surface area (Å²) in [5.41, 5.74) is 0.0118. The predicted octanol–water partition coefficient (Wildman–Crippen LogP) is -0.00380. The number of rotatable bonds is 2. The number of esters is 1. The zero-order valence-electron chi connectivity index (χ0n) is 13.1. The smallest absolute Gasteiger partial charge is 0.332 e. The number of ether oxygens (including phenoxy) is 1. The molecular weight excluding hydrogens is 302 g/mol. The average molecular weight is 317 g/mol. The van der Waals surface area contributed by atoms with Crippen molar-refractivity contribution in [3.05, 3.63) is 26.5 Å². The molecular formula is C14H15N5O4. The zero-order chi connectivity index (χ0) is 16.9. The Morgan fingerprint density at radius 2 is 1.91 bits per heavy atom. The van der Waals surface area contributed by atoms with E-state index >= 15 is 0 Å². The second kappa shape index (κ2) is 5.04. The summed E-state index contributed by atoms with van der Waals surface area (Å²) in [7, 11) is 2.86. The third kappa shape index (κ3) is 2.04. The summed E-state index contributed by atoms with van der Waals surface area (Å²) < 4.78 is 7.48. The van der Waals surface area contributed by atoms with Gasteiger partial charge in [-0.2, -0.15) is 5.10 Å². The molecule has 23 heavy (non-hydrogen) atoms. The zero-order valence-corrected chi connectivity index (χ0v) is 13.1. The van der Waals surface area contributed by atoms with Gasteiger partial charge in [-0.05, 0) is 6.42 Å². The summed E-state index contributed by atoms with van der Waals surface area (Å²) in [6.07, 6.45) is 0.587. The lowest BCUT2D eigenvalue weighted by atomic mass is 10.1. The van der Waals surface area contributed by atoms with Gasteiger partial charge in [0.25, 0.3) is 5.56 Å². The Bertz CT molecular complexity index is 1070. The van der Waals surface area contributed by atoms with Crippen molar-refractivity contribution in [1.82, 2.24) is 24.3 Å². The van der Waals surface area contributed by atoms with Gasteiger partial charge in [0.2, 0.25) is 0 Å². The lowest BCUT2D eigenvalue weighted by molar-refractivity contribution is -0.131. The summed E-state index contributed by atoms with van der Waals surface area (Å²) >= 11 is 0. The highest BCUT2D eigenvalue weighted by atomic mass is 16.5. The fourth-order valence-electron chi connectivity index (χ4n) is 2.58. The van der Waals surface area contributed by atoms with E-state index in [-0.39, 0.29) is 22.4 Å². The fourth-order valence-corrected chi connectivity index (χ4v) is 2.58. The molecule has 0 spiro atoms. The van der Waals surface area contributed by atoms with Gasteiger partial charge in [0, 0.05) is 26.7 Å². The van der Waals surface area contributed by atoms with Gasteiger partial charge in [0.15, 0.2) is 17.0 Å². The normalized spacial score (nSPS) is 11.3. The van der Waals surface area contributed by atoms with Crippen molar-refractivity contribution in [3.8, 4) is 5.75 Å². The minimum absolute atomic E-state index is 0.0772. The number of aromatic nitrogens is 5. The Morgan fingerprint density at radius 3 is 2.52 bits per heavy atom. The van der Waals surface area contributed by atoms with Gasteiger partial charge >= 0.3 is 11.7 Å². The second-order valence-electron chi connectivity index (χ2n) is 5.19. The first-order valence-electron chi connectivity index (χ1n) is 7.01. The van der Waals surface area contributed by atoms with Gasteiger partial charge in [-0.25, -0.2) is 9.78 Å². The van der Waals surface area contributed by atoms with Crippen LogP contribution in [0.25, 0.3) is 22.1 Å². The quantitative estimate of drug-likeness (QED) is 0.666. The second-order valence-corrected chi connectivity index (χ2v) is 5.19. The molecule has 0 aromatic carbocycles. The van der Waals surface area contributed by atoms with Crippen LogP contribution >= 0.6 is 0 Å². The van der Waals surface area contributed by atoms with Crippen LogP contribution in [-0.2, 0) is 25.3 Å². The van der Waals surface area contributed by atoms with E-state index in [9.17, 15) is 14.4 Å². The van der Waals surface area contributed by atoms with Crippen LogP contribution in [0.15, 0.2) is 9.59 Å². The van der Waals surface area contributed by atoms with E-state index in [2.05, 4.69) is 15.2 Å². The van der Waals surface area contributed by atoms with Crippen LogP contribution in [0.2, 0.25) is 0 Å². The van der Waals surface area contributed by atoms with Crippen LogP contribution in [0.5, 0.6) is 5.75 Å². The molecule has 9 nitrogen and oxygen atoms in total. The lowest BCUT2D eigenvalue weighted by Crippen LogP contribution is -2.37. The highest BCUT2D eigenvalue weighted by molar-refractivity contribution is 6.01. The maximum absolute atomic E-state index is 12.6. The number of carbonyl (C=O) groups is 1. The van der Waals surface area contributed by atoms with Crippen molar-refractivity contribution in [2.24, 2.45) is 14.1 Å². The molecule has 0 fully saturated rings. The van der Waals surface area contributed by atoms with E-state index < -0.39 is 17.2 Å². The fraction of sp³-hybridized carbons (Fsp3) is 0.357. The largest absolute Gasteiger partial charge is 0.425 e. The van der Waals surface area contributed by atoms with Gasteiger partial charge in [-0.1, -0.05) is 6.92 Å². The van der Waals surface area contributed by atoms with E-state index in [0.717, 1.165) is 4.57 Å². The van der Waals surface area contributed by atoms with Gasteiger partial charge < -0.3 is 4.74 Å². The summed E-state index contributed by atoms with van der Waals surface area (Å²) in [4.78, 5) is 40.5. The standard InChI is InChI=1S/C14H15N5O4/c1-5-7-8-10(23-6(2)20)9-12(15-11(8)17-16-7)18(3)14(22)19(4)13(9)21/h5H2,1-4H3,(H,15,16,17). The maximum Gasteiger partial charge on any atom is 0.332 e. The van der Waals surface area contributed by atoms with Crippen LogP contribution < -0.4 is 16.0 Å². The highest BCUT2D eigenvalue weighted by Gasteiger charge is 2.23. The molecule has 0 aliphatic rings. The molecule has 3 aromatic heterocycles. The molecule has 0 aliphatic carbocycles. The number of fused-ring (bicyclic) bond motifs is 2. The number of pyridine rings is 1. The van der Waals surface area contributed by atoms with Crippen molar-refractivity contribution in [2.75, 3.05) is 0 Å². The van der Waals surface area contributed by atoms with E-state index in [4.69, 9.17) is 4.74 Å². The molecule has 0 bridgehead atoms. The van der Waals surface area contributed by atoms with Crippen LogP contribution in [0, 0.1) is 0 Å². The predicted molar refractivity (Wildman–Crippen MR) is 82.6 cm³/mol. The molecule has 3 heterocycles. The molecule has 3 aromatic rings. The molecule has 0 unspecified atom stereocenters. The molecule has 0 saturated carbocycles. The molecule has 0 atom stereocenters. The first-order valence-corrected chi connectivity index (χ1v) is 7.01. The highest BCUT2D eigenvalue weighted by Crippen LogP contribution is 2.32. The van der Waals surface area contributed by atoms with E-state index in [1.54, 1.807) is 0 Å². The molecule has 120 valence electrons. The number of H-pyrrole nitrogens is 1. The van der Waals surface area contributed by atoms with Gasteiger partial charge in [0.05, 0.1) is 5.39 Å². The molecule has 1 N–H and O–H groups in total. The topological polar surface area (TPSA) is 112 Å². The number of hydrogen-bond donors (Lipinski definition) is 1. The van der Waals surface area contributed by atoms with Crippen molar-refractivity contribution < 1.29 is 9.53 Å². The first-order chi connectivity index (χ1) is 10.9. The van der Waals surface area contributed by atoms with Crippen molar-refractivity contribution in [3.63, 3.8) is 0 Å². The van der Waals surface area contributed by atoms with Crippen molar-refractivity contribution >= 4 is 28.0 Å². The number of aryl methyl sites for hydroxylation is 2. The van der Waals surface area contributed by atoms with Crippen LogP contribution in [0.4, 0.5) is 0 Å². The van der Waals surface area contributed by atoms with E-state index in [0.29, 0.717) is 17.5 Å². The van der Waals surface area contributed by atoms with Crippen LogP contribution in [0.3, 0.4) is 0 Å². The summed E-state index contributed by atoms with van der Waals surface area (Å²) in [5.74, 6) is -0.489. The monoisotopic (exact) mass is 317 g/mol. The lowest BCUT2D eigenvalue weighted by Gasteiger charge is -2.11. The van der Waals surface area contributed by atoms with Gasteiger partial charge in [0.1, 0.15) is 5.39 Å². The number of aromatic amines is 1. The Morgan fingerprint density at radius 1 is 1.22 bits per heavy atom. The third-order valence-corrected chi connectivity index (χ3v) is 3.72. The molecule has 0 saturated heterocycles. The van der Waals surface area contributed by atoms with E-state index in [1.165, 1.54) is 25.6 Å². The van der Waals surface area contributed by atoms with E-state index in [1.807, 2.05) is 6.92 Å². The first kappa shape index (κ1) is 14.9. The minimum Gasteiger partial charge on any atom is -0.425 e. The molecule has 9 heteroatoms. The Balaban J connectivity index is 2.66. The number of hydrogen-bond acceptors (Lipinski definition) is 6. The molecule has 0 amide bonds. The van der Waals surface area contributed by atoms with Gasteiger partial charge in [-0.15, -0.1) is 0 Å². The average Bonchev–Trinajstić information content (AvgIpc) is 2.93.